The van der Waals surface area contributed by atoms with Gasteiger partial charge >= 0.3 is 0 Å². The van der Waals surface area contributed by atoms with Crippen molar-refractivity contribution in [2.75, 3.05) is 46.2 Å². The van der Waals surface area contributed by atoms with Gasteiger partial charge in [0, 0.05) is 13.8 Å². The van der Waals surface area contributed by atoms with E-state index < -0.39 is 273 Å². The van der Waals surface area contributed by atoms with Crippen LogP contribution in [0.2, 0.25) is 0 Å². The predicted octanol–water partition coefficient (Wildman–Crippen LogP) is -16.0. The van der Waals surface area contributed by atoms with Crippen LogP contribution in [0.3, 0.4) is 0 Å². The fourth-order valence-corrected chi connectivity index (χ4v) is 10.6. The van der Waals surface area contributed by atoms with Crippen LogP contribution >= 0.6 is 0 Å². The summed E-state index contributed by atoms with van der Waals surface area (Å²) < 4.78 is 73.3. The summed E-state index contributed by atoms with van der Waals surface area (Å²) in [5, 5.41) is 230. The van der Waals surface area contributed by atoms with Gasteiger partial charge in [-0.05, 0) is 0 Å². The van der Waals surface area contributed by atoms with Gasteiger partial charge in [-0.15, -0.1) is 0 Å². The summed E-state index contributed by atoms with van der Waals surface area (Å²) in [4.78, 5) is 24.4. The highest BCUT2D eigenvalue weighted by Crippen LogP contribution is 2.36. The van der Waals surface area contributed by atoms with E-state index in [1.54, 1.807) is 0 Å². The minimum atomic E-state index is -2.25. The molecule has 7 aliphatic heterocycles. The van der Waals surface area contributed by atoms with Crippen molar-refractivity contribution in [3.8, 4) is 0 Å². The van der Waals surface area contributed by atoms with Crippen molar-refractivity contribution in [1.29, 1.82) is 0 Å². The average Bonchev–Trinajstić information content (AvgIpc) is 1.92. The van der Waals surface area contributed by atoms with Gasteiger partial charge < -0.3 is 179 Å². The first-order valence-electron chi connectivity index (χ1n) is 26.6. The van der Waals surface area contributed by atoms with Crippen LogP contribution in [-0.2, 0) is 71.2 Å². The molecule has 23 N–H and O–H groups in total. The van der Waals surface area contributed by atoms with Crippen molar-refractivity contribution in [2.45, 2.75) is 229 Å². The van der Waals surface area contributed by atoms with Gasteiger partial charge in [-0.1, -0.05) is 0 Å². The number of amides is 2. The van der Waals surface area contributed by atoms with Gasteiger partial charge in [0.05, 0.1) is 46.2 Å². The Labute approximate surface area is 475 Å². The molecule has 0 saturated carbocycles. The zero-order chi connectivity index (χ0) is 61.9. The van der Waals surface area contributed by atoms with Crippen molar-refractivity contribution >= 4 is 11.8 Å². The number of hydrogen-bond donors (Lipinski definition) is 23. The Kier molecular flexibility index (Phi) is 24.6. The SMILES string of the molecule is CC(=O)N[C@H]1[C@H](O[C@H]2[C@H](O)[C@@H](NC(C)=O)C(O)O[C@@H]2CO)O[C@H](CO)[C@@H](O[C@@H]2O[C@H](CO)[C@@H](O)[C@H](O[C@H]3O[C@H](CO[C@H]4O[C@H](CO)[C@@H](O)[C@H](O[C@H]5O[C@H](CO[C@H]6O[C@H](CO)[C@@H](O)[C@H](O)[C@@H]6O)[C@@H](O)[C@H](O)[C@@H]5O)[C@@H]4O)[C@@H](O)[C@H](O)[C@@H]3O)[C@@H]2O)[C@@H]1O. The Morgan fingerprint density at radius 1 is 0.310 bits per heavy atom. The molecule has 7 saturated heterocycles. The monoisotopic (exact) mass is 1230 g/mol. The van der Waals surface area contributed by atoms with Crippen LogP contribution in [0.1, 0.15) is 13.8 Å². The summed E-state index contributed by atoms with van der Waals surface area (Å²) in [6.07, 6.45) is -63.4. The molecule has 0 aromatic carbocycles. The molecule has 38 heteroatoms. The molecule has 0 aliphatic carbocycles. The zero-order valence-electron chi connectivity index (χ0n) is 44.7. The number of aliphatic hydroxyl groups excluding tert-OH is 21. The molecule has 488 valence electrons. The van der Waals surface area contributed by atoms with Gasteiger partial charge in [0.1, 0.15) is 171 Å². The first-order chi connectivity index (χ1) is 39.7. The Bertz CT molecular complexity index is 2060. The maximum Gasteiger partial charge on any atom is 0.217 e. The maximum absolute atomic E-state index is 12.5. The lowest BCUT2D eigenvalue weighted by Gasteiger charge is -2.50. The second kappa shape index (κ2) is 29.9. The Balaban J connectivity index is 1.01. The smallest absolute Gasteiger partial charge is 0.217 e. The standard InChI is InChI=1S/C46H78N2O36/c1-10(54)47-19-26(61)36(15(6-52)74-40(19)71)81-41-20(48-11(2)55)27(62)37(16(7-53)78-41)82-46-35(70)39(25(60)14(5-51)77-46)84-45-33(68)30(65)23(58)18(80-45)9-73-43-34(69)38(24(59)13(4-50)76-43)83-44-32(67)29(64)22(57)17(79-44)8-72-42-31(66)28(63)21(56)12(3-49)75-42/h12-46,49-53,56-71H,3-9H2,1-2H3,(H,47,54)(H,48,55)/t12-,13-,14-,15-,16-,17-,18-,19-,20-,21-,22-,23-,24-,25-,26-,27-,28+,29+,30+,31+,32+,33+,34+,35+,36-,37-,38+,39+,40?,41+,42+,43+,44-,45-,46+/m1/s1. The number of rotatable bonds is 21. The fraction of sp³-hybridized carbons (Fsp3) is 0.957. The third-order valence-corrected chi connectivity index (χ3v) is 15.3. The normalized spacial score (nSPS) is 50.3. The van der Waals surface area contributed by atoms with Crippen molar-refractivity contribution in [1.82, 2.24) is 10.6 Å². The third-order valence-electron chi connectivity index (χ3n) is 15.3. The number of aliphatic hydroxyl groups is 21. The second-order valence-corrected chi connectivity index (χ2v) is 21.1. The number of carbonyl (C=O) groups is 2. The van der Waals surface area contributed by atoms with E-state index in [-0.39, 0.29) is 0 Å². The highest BCUT2D eigenvalue weighted by atomic mass is 16.8. The second-order valence-electron chi connectivity index (χ2n) is 21.1. The molecule has 7 fully saturated rings. The molecular weight excluding hydrogens is 1160 g/mol. The van der Waals surface area contributed by atoms with Crippen LogP contribution in [-0.4, -0.2) is 380 Å². The summed E-state index contributed by atoms with van der Waals surface area (Å²) in [5.41, 5.74) is 0. The van der Waals surface area contributed by atoms with Crippen LogP contribution in [0.25, 0.3) is 0 Å². The summed E-state index contributed by atoms with van der Waals surface area (Å²) in [6.45, 7) is -4.44. The van der Waals surface area contributed by atoms with Gasteiger partial charge in [0.2, 0.25) is 11.8 Å². The minimum absolute atomic E-state index is 0.714. The molecule has 2 amide bonds. The van der Waals surface area contributed by atoms with E-state index in [1.165, 1.54) is 0 Å². The molecule has 0 aromatic rings. The molecule has 0 aromatic heterocycles. The minimum Gasteiger partial charge on any atom is -0.394 e. The number of ether oxygens (including phenoxy) is 13. The van der Waals surface area contributed by atoms with Crippen LogP contribution in [0.4, 0.5) is 0 Å². The molecule has 7 rings (SSSR count). The van der Waals surface area contributed by atoms with E-state index in [0.717, 1.165) is 13.8 Å². The molecule has 1 unspecified atom stereocenters. The van der Waals surface area contributed by atoms with Crippen molar-refractivity contribution in [3.05, 3.63) is 0 Å². The number of nitrogens with one attached hydrogen (secondary N) is 2. The van der Waals surface area contributed by atoms with Gasteiger partial charge in [-0.2, -0.15) is 0 Å². The van der Waals surface area contributed by atoms with Crippen molar-refractivity contribution < 1.29 is 178 Å². The van der Waals surface area contributed by atoms with Crippen LogP contribution in [0.15, 0.2) is 0 Å². The van der Waals surface area contributed by atoms with Gasteiger partial charge in [0.25, 0.3) is 0 Å². The average molecular weight is 1240 g/mol. The fourth-order valence-electron chi connectivity index (χ4n) is 10.6. The summed E-state index contributed by atoms with van der Waals surface area (Å²) in [5.74, 6) is -1.54. The molecule has 0 radical (unpaired) electrons. The lowest BCUT2D eigenvalue weighted by Crippen LogP contribution is -2.70. The lowest BCUT2D eigenvalue weighted by molar-refractivity contribution is -0.384. The predicted molar refractivity (Wildman–Crippen MR) is 255 cm³/mol. The maximum atomic E-state index is 12.5. The summed E-state index contributed by atoms with van der Waals surface area (Å²) in [6, 6.07) is -3.25. The van der Waals surface area contributed by atoms with Gasteiger partial charge in [-0.3, -0.25) is 9.59 Å². The highest BCUT2D eigenvalue weighted by Gasteiger charge is 2.58. The van der Waals surface area contributed by atoms with E-state index in [4.69, 9.17) is 61.6 Å². The van der Waals surface area contributed by atoms with Crippen LogP contribution < -0.4 is 10.6 Å². The molecule has 7 aliphatic rings. The first kappa shape index (κ1) is 69.1. The van der Waals surface area contributed by atoms with Crippen LogP contribution in [0.5, 0.6) is 0 Å². The van der Waals surface area contributed by atoms with Gasteiger partial charge in [-0.25, -0.2) is 0 Å². The van der Waals surface area contributed by atoms with E-state index in [2.05, 4.69) is 10.6 Å². The number of hydrogen-bond acceptors (Lipinski definition) is 36. The third kappa shape index (κ3) is 14.9. The molecule has 38 nitrogen and oxygen atoms in total. The van der Waals surface area contributed by atoms with E-state index in [1.807, 2.05) is 0 Å². The molecule has 0 bridgehead atoms. The quantitative estimate of drug-likeness (QED) is 0.0507. The largest absolute Gasteiger partial charge is 0.394 e. The molecule has 0 spiro atoms. The summed E-state index contributed by atoms with van der Waals surface area (Å²) in [7, 11) is 0. The summed E-state index contributed by atoms with van der Waals surface area (Å²) >= 11 is 0. The van der Waals surface area contributed by atoms with Crippen molar-refractivity contribution in [3.63, 3.8) is 0 Å². The van der Waals surface area contributed by atoms with Crippen molar-refractivity contribution in [2.24, 2.45) is 0 Å². The highest BCUT2D eigenvalue weighted by molar-refractivity contribution is 5.73. The van der Waals surface area contributed by atoms with E-state index in [9.17, 15) is 117 Å². The Morgan fingerprint density at radius 2 is 0.607 bits per heavy atom. The lowest BCUT2D eigenvalue weighted by atomic mass is 9.94. The Hall–Kier alpha value is -2.42. The molecule has 7 heterocycles. The van der Waals surface area contributed by atoms with E-state index >= 15 is 0 Å². The molecule has 84 heavy (non-hydrogen) atoms. The molecule has 35 atom stereocenters. The zero-order valence-corrected chi connectivity index (χ0v) is 44.7. The first-order valence-corrected chi connectivity index (χ1v) is 26.6. The topological polar surface area (TPSA) is 603 Å². The number of carbonyl (C=O) groups excluding carboxylic acids is 2. The molecular formula is C46H78N2O36. The Morgan fingerprint density at radius 3 is 1.05 bits per heavy atom. The van der Waals surface area contributed by atoms with E-state index in [0.29, 0.717) is 0 Å². The van der Waals surface area contributed by atoms with Crippen LogP contribution in [0, 0.1) is 0 Å². The van der Waals surface area contributed by atoms with Gasteiger partial charge in [0.15, 0.2) is 44.0 Å².